The van der Waals surface area contributed by atoms with Gasteiger partial charge in [-0.25, -0.2) is 0 Å². The molecule has 0 bridgehead atoms. The van der Waals surface area contributed by atoms with Gasteiger partial charge in [0.15, 0.2) is 0 Å². The molecule has 1 aliphatic carbocycles. The van der Waals surface area contributed by atoms with Gasteiger partial charge in [0.1, 0.15) is 0 Å². The van der Waals surface area contributed by atoms with Gasteiger partial charge in [0.25, 0.3) is 0 Å². The van der Waals surface area contributed by atoms with Crippen LogP contribution < -0.4 is 0 Å². The normalized spacial score (nSPS) is 19.9. The molecule has 1 fully saturated rings. The van der Waals surface area contributed by atoms with Crippen molar-refractivity contribution in [2.45, 2.75) is 51.9 Å². The molecule has 0 saturated heterocycles. The first-order valence-corrected chi connectivity index (χ1v) is 10.3. The van der Waals surface area contributed by atoms with Crippen molar-refractivity contribution in [3.63, 3.8) is 0 Å². The topological polar surface area (TPSA) is 12.9 Å². The molecule has 2 heteroatoms. The first-order valence-electron chi connectivity index (χ1n) is 9.48. The number of halogens is 1. The standard InChI is InChI=1S/C23H26BrN/c1-2-3-4-18-5-7-19(8-6-18)9-10-20-11-16-23(25-17-20)21-12-14-22(24)15-13-21/h11-19H,2-8H2,1H3/t18-,19-. The number of hydrogen-bond donors (Lipinski definition) is 0. The minimum Gasteiger partial charge on any atom is -0.255 e. The maximum absolute atomic E-state index is 4.57. The second kappa shape index (κ2) is 9.20. The Bertz CT molecular complexity index is 713. The van der Waals surface area contributed by atoms with Gasteiger partial charge in [0, 0.05) is 27.7 Å². The zero-order valence-corrected chi connectivity index (χ0v) is 16.6. The lowest BCUT2D eigenvalue weighted by Crippen LogP contribution is -2.13. The zero-order chi connectivity index (χ0) is 17.5. The summed E-state index contributed by atoms with van der Waals surface area (Å²) in [6.07, 6.45) is 11.3. The molecule has 130 valence electrons. The van der Waals surface area contributed by atoms with Crippen LogP contribution in [0.25, 0.3) is 11.3 Å². The summed E-state index contributed by atoms with van der Waals surface area (Å²) in [4.78, 5) is 4.57. The SMILES string of the molecule is CCCC[C@H]1CC[C@H](C#Cc2ccc(-c3ccc(Br)cc3)nc2)CC1. The average Bonchev–Trinajstić information content (AvgIpc) is 2.67. The van der Waals surface area contributed by atoms with Crippen molar-refractivity contribution in [3.8, 4) is 23.1 Å². The predicted octanol–water partition coefficient (Wildman–Crippen LogP) is 6.86. The number of benzene rings is 1. The van der Waals surface area contributed by atoms with E-state index in [2.05, 4.69) is 63.9 Å². The minimum absolute atomic E-state index is 0.573. The molecule has 0 spiro atoms. The van der Waals surface area contributed by atoms with Crippen LogP contribution in [0.15, 0.2) is 47.1 Å². The third-order valence-electron chi connectivity index (χ3n) is 5.14. The van der Waals surface area contributed by atoms with Gasteiger partial charge >= 0.3 is 0 Å². The molecule has 1 aromatic carbocycles. The number of pyridine rings is 1. The first kappa shape index (κ1) is 18.2. The van der Waals surface area contributed by atoms with Crippen molar-refractivity contribution in [2.75, 3.05) is 0 Å². The van der Waals surface area contributed by atoms with Gasteiger partial charge in [-0.2, -0.15) is 0 Å². The Morgan fingerprint density at radius 1 is 1.04 bits per heavy atom. The van der Waals surface area contributed by atoms with E-state index in [1.165, 1.54) is 44.9 Å². The Labute approximate surface area is 160 Å². The molecule has 3 rings (SSSR count). The minimum atomic E-state index is 0.573. The van der Waals surface area contributed by atoms with Crippen LogP contribution in [0.5, 0.6) is 0 Å². The van der Waals surface area contributed by atoms with E-state index < -0.39 is 0 Å². The first-order chi connectivity index (χ1) is 12.2. The quantitative estimate of drug-likeness (QED) is 0.515. The van der Waals surface area contributed by atoms with Crippen LogP contribution in [0.3, 0.4) is 0 Å². The smallest absolute Gasteiger partial charge is 0.0702 e. The van der Waals surface area contributed by atoms with E-state index in [-0.39, 0.29) is 0 Å². The van der Waals surface area contributed by atoms with Gasteiger partial charge in [0.2, 0.25) is 0 Å². The van der Waals surface area contributed by atoms with Gasteiger partial charge in [-0.1, -0.05) is 66.1 Å². The van der Waals surface area contributed by atoms with Crippen LogP contribution in [-0.2, 0) is 0 Å². The maximum atomic E-state index is 4.57. The van der Waals surface area contributed by atoms with Crippen LogP contribution in [0, 0.1) is 23.7 Å². The molecule has 1 aromatic heterocycles. The summed E-state index contributed by atoms with van der Waals surface area (Å²) in [5.41, 5.74) is 3.15. The Balaban J connectivity index is 1.56. The van der Waals surface area contributed by atoms with Crippen molar-refractivity contribution in [3.05, 3.63) is 52.6 Å². The molecule has 0 N–H and O–H groups in total. The largest absolute Gasteiger partial charge is 0.255 e. The zero-order valence-electron chi connectivity index (χ0n) is 15.0. The second-order valence-corrected chi connectivity index (χ2v) is 7.98. The highest BCUT2D eigenvalue weighted by Gasteiger charge is 2.19. The molecule has 2 aromatic rings. The number of rotatable bonds is 4. The molecule has 1 aliphatic rings. The van der Waals surface area contributed by atoms with E-state index in [1.807, 2.05) is 18.3 Å². The Morgan fingerprint density at radius 2 is 1.80 bits per heavy atom. The average molecular weight is 396 g/mol. The van der Waals surface area contributed by atoms with E-state index in [9.17, 15) is 0 Å². The summed E-state index contributed by atoms with van der Waals surface area (Å²) < 4.78 is 1.09. The molecule has 0 unspecified atom stereocenters. The molecule has 1 heterocycles. The van der Waals surface area contributed by atoms with Crippen LogP contribution in [-0.4, -0.2) is 4.98 Å². The van der Waals surface area contributed by atoms with Gasteiger partial charge < -0.3 is 0 Å². The van der Waals surface area contributed by atoms with Crippen molar-refractivity contribution in [1.29, 1.82) is 0 Å². The van der Waals surface area contributed by atoms with Crippen molar-refractivity contribution >= 4 is 15.9 Å². The Kier molecular flexibility index (Phi) is 6.70. The molecule has 25 heavy (non-hydrogen) atoms. The third kappa shape index (κ3) is 5.44. The van der Waals surface area contributed by atoms with Gasteiger partial charge in [-0.15, -0.1) is 0 Å². The van der Waals surface area contributed by atoms with E-state index in [0.717, 1.165) is 27.2 Å². The highest BCUT2D eigenvalue weighted by atomic mass is 79.9. The lowest BCUT2D eigenvalue weighted by atomic mass is 9.80. The fourth-order valence-corrected chi connectivity index (χ4v) is 3.80. The molecule has 0 atom stereocenters. The molecule has 0 radical (unpaired) electrons. The molecule has 1 saturated carbocycles. The van der Waals surface area contributed by atoms with E-state index in [4.69, 9.17) is 0 Å². The molecular formula is C23H26BrN. The van der Waals surface area contributed by atoms with Crippen molar-refractivity contribution < 1.29 is 0 Å². The van der Waals surface area contributed by atoms with Crippen molar-refractivity contribution in [2.24, 2.45) is 11.8 Å². The summed E-state index contributed by atoms with van der Waals surface area (Å²) >= 11 is 3.47. The molecule has 1 nitrogen and oxygen atoms in total. The predicted molar refractivity (Wildman–Crippen MR) is 109 cm³/mol. The second-order valence-electron chi connectivity index (χ2n) is 7.07. The lowest BCUT2D eigenvalue weighted by molar-refractivity contribution is 0.296. The van der Waals surface area contributed by atoms with Gasteiger partial charge in [0.05, 0.1) is 5.69 Å². The summed E-state index contributed by atoms with van der Waals surface area (Å²) in [6, 6.07) is 12.4. The van der Waals surface area contributed by atoms with E-state index >= 15 is 0 Å². The Morgan fingerprint density at radius 3 is 2.44 bits per heavy atom. The lowest BCUT2D eigenvalue weighted by Gasteiger charge is -2.25. The summed E-state index contributed by atoms with van der Waals surface area (Å²) in [6.45, 7) is 2.28. The molecule has 0 aliphatic heterocycles. The van der Waals surface area contributed by atoms with Crippen LogP contribution >= 0.6 is 15.9 Å². The number of hydrogen-bond acceptors (Lipinski definition) is 1. The van der Waals surface area contributed by atoms with Crippen molar-refractivity contribution in [1.82, 2.24) is 4.98 Å². The monoisotopic (exact) mass is 395 g/mol. The molecular weight excluding hydrogens is 370 g/mol. The summed E-state index contributed by atoms with van der Waals surface area (Å²) in [7, 11) is 0. The Hall–Kier alpha value is -1.59. The van der Waals surface area contributed by atoms with E-state index in [1.54, 1.807) is 0 Å². The van der Waals surface area contributed by atoms with Crippen LogP contribution in [0.4, 0.5) is 0 Å². The highest BCUT2D eigenvalue weighted by molar-refractivity contribution is 9.10. The van der Waals surface area contributed by atoms with E-state index in [0.29, 0.717) is 5.92 Å². The summed E-state index contributed by atoms with van der Waals surface area (Å²) in [5, 5.41) is 0. The van der Waals surface area contributed by atoms with Gasteiger partial charge in [-0.05, 0) is 55.9 Å². The third-order valence-corrected chi connectivity index (χ3v) is 5.67. The fraction of sp³-hybridized carbons (Fsp3) is 0.435. The van der Waals surface area contributed by atoms with Crippen LogP contribution in [0.2, 0.25) is 0 Å². The number of aromatic nitrogens is 1. The fourth-order valence-electron chi connectivity index (χ4n) is 3.53. The number of nitrogens with zero attached hydrogens (tertiary/aromatic N) is 1. The maximum Gasteiger partial charge on any atom is 0.0702 e. The number of unbranched alkanes of at least 4 members (excludes halogenated alkanes) is 1. The molecule has 0 amide bonds. The van der Waals surface area contributed by atoms with Gasteiger partial charge in [-0.3, -0.25) is 4.98 Å². The summed E-state index contributed by atoms with van der Waals surface area (Å²) in [5.74, 6) is 8.35. The highest BCUT2D eigenvalue weighted by Crippen LogP contribution is 2.31. The van der Waals surface area contributed by atoms with Crippen LogP contribution in [0.1, 0.15) is 57.4 Å².